The molecule has 0 unspecified atom stereocenters. The van der Waals surface area contributed by atoms with E-state index < -0.39 is 11.7 Å². The number of rotatable bonds is 8. The lowest BCUT2D eigenvalue weighted by Crippen LogP contribution is -2.06. The van der Waals surface area contributed by atoms with Crippen molar-refractivity contribution in [3.63, 3.8) is 0 Å². The van der Waals surface area contributed by atoms with Gasteiger partial charge in [0.05, 0.1) is 150 Å². The zero-order valence-corrected chi connectivity index (χ0v) is 47.6. The van der Waals surface area contributed by atoms with Gasteiger partial charge in [0.25, 0.3) is 0 Å². The van der Waals surface area contributed by atoms with Gasteiger partial charge in [-0.3, -0.25) is 0 Å². The van der Waals surface area contributed by atoms with Crippen LogP contribution < -0.4 is 0 Å². The Kier molecular flexibility index (Phi) is 13.9. The Morgan fingerprint density at radius 3 is 0.935 bits per heavy atom. The first kappa shape index (κ1) is 56.8. The third-order valence-electron chi connectivity index (χ3n) is 16.3. The van der Waals surface area contributed by atoms with Crippen LogP contribution in [0.25, 0.3) is 122 Å². The van der Waals surface area contributed by atoms with Gasteiger partial charge in [-0.25, -0.2) is 0 Å². The summed E-state index contributed by atoms with van der Waals surface area (Å²) in [6.07, 6.45) is -4.79. The number of benzene rings is 11. The van der Waals surface area contributed by atoms with Crippen molar-refractivity contribution in [2.75, 3.05) is 0 Å². The van der Waals surface area contributed by atoms with E-state index in [0.29, 0.717) is 116 Å². The molecule has 0 saturated heterocycles. The third-order valence-corrected chi connectivity index (χ3v) is 16.3. The molecule has 0 saturated carbocycles. The van der Waals surface area contributed by atoms with Gasteiger partial charge < -0.3 is 9.13 Å². The molecule has 13 aromatic rings. The van der Waals surface area contributed by atoms with Crippen molar-refractivity contribution in [2.24, 2.45) is 0 Å². The van der Waals surface area contributed by atoms with Gasteiger partial charge in [-0.1, -0.05) is 36.4 Å². The van der Waals surface area contributed by atoms with Gasteiger partial charge in [-0.2, -0.15) is 65.8 Å². The monoisotopic (exact) mass is 1180 g/mol. The van der Waals surface area contributed by atoms with Crippen molar-refractivity contribution in [3.8, 4) is 139 Å². The Morgan fingerprint density at radius 2 is 0.598 bits per heavy atom. The number of hydrogen-bond donors (Lipinski definition) is 0. The molecule has 2 heterocycles. The molecule has 0 N–H and O–H groups in total. The van der Waals surface area contributed by atoms with Crippen LogP contribution >= 0.6 is 0 Å². The van der Waals surface area contributed by atoms with Crippen LogP contribution in [0, 0.1) is 113 Å². The normalized spacial score (nSPS) is 10.9. The van der Waals surface area contributed by atoms with Crippen LogP contribution in [0.4, 0.5) is 13.2 Å². The highest BCUT2D eigenvalue weighted by Gasteiger charge is 2.32. The second kappa shape index (κ2) is 22.5. The van der Waals surface area contributed by atoms with E-state index in [4.69, 9.17) is 0 Å². The predicted molar refractivity (Wildman–Crippen MR) is 340 cm³/mol. The molecule has 0 aliphatic carbocycles. The molecular formula is C77H33F3N12. The summed E-state index contributed by atoms with van der Waals surface area (Å²) >= 11 is 0. The van der Waals surface area contributed by atoms with E-state index in [1.807, 2.05) is 94.1 Å². The zero-order valence-electron chi connectivity index (χ0n) is 47.6. The summed E-state index contributed by atoms with van der Waals surface area (Å²) in [4.78, 5) is 0. The minimum atomic E-state index is -4.79. The van der Waals surface area contributed by atoms with E-state index in [9.17, 15) is 65.8 Å². The van der Waals surface area contributed by atoms with Gasteiger partial charge in [0.15, 0.2) is 0 Å². The van der Waals surface area contributed by atoms with Crippen molar-refractivity contribution in [3.05, 3.63) is 261 Å². The minimum absolute atomic E-state index is 0.156. The Labute approximate surface area is 522 Å². The van der Waals surface area contributed by atoms with Crippen LogP contribution in [0.1, 0.15) is 61.2 Å². The number of aromatic nitrogens is 2. The molecule has 13 rings (SSSR count). The summed E-state index contributed by atoms with van der Waals surface area (Å²) in [5.41, 5.74) is 11.0. The minimum Gasteiger partial charge on any atom is -0.309 e. The van der Waals surface area contributed by atoms with E-state index >= 15 is 0 Å². The van der Waals surface area contributed by atoms with Gasteiger partial charge in [0.1, 0.15) is 0 Å². The maximum atomic E-state index is 14.5. The fourth-order valence-corrected chi connectivity index (χ4v) is 12.2. The molecule has 11 aromatic carbocycles. The molecular weight excluding hydrogens is 1150 g/mol. The highest BCUT2D eigenvalue weighted by atomic mass is 19.4. The average Bonchev–Trinajstić information content (AvgIpc) is 1.55. The molecule has 0 amide bonds. The van der Waals surface area contributed by atoms with Crippen LogP contribution in [0.5, 0.6) is 0 Å². The Morgan fingerprint density at radius 1 is 0.250 bits per heavy atom. The molecule has 0 aliphatic rings. The first-order valence-electron chi connectivity index (χ1n) is 28.0. The number of nitriles is 10. The van der Waals surface area contributed by atoms with Crippen LogP contribution in [0.2, 0.25) is 0 Å². The fraction of sp³-hybridized carbons (Fsp3) is 0.0130. The Balaban J connectivity index is 1.12. The third kappa shape index (κ3) is 9.89. The molecule has 0 fully saturated rings. The van der Waals surface area contributed by atoms with Gasteiger partial charge in [0, 0.05) is 38.4 Å². The highest BCUT2D eigenvalue weighted by molar-refractivity contribution is 6.14. The SMILES string of the molecule is N#Cc1cc(C#N)cc(-c2ccc3c(c2)c2cc(-c4cc(C#N)cc(C#N)c4)ccc2n3-c2ccc(-c3ccc(C(F)(F)F)cc3C#N)c(-c3cc(C#N)ccc3-n3c4ccc(-c5cc(C#N)cc(C#N)c5)cc4c4cc(-c5cc(C#N)cc(C#N)c5)ccc43)c2)c1. The molecule has 0 spiro atoms. The summed E-state index contributed by atoms with van der Waals surface area (Å²) in [7, 11) is 0. The molecule has 92 heavy (non-hydrogen) atoms. The van der Waals surface area contributed by atoms with Gasteiger partial charge in [-0.15, -0.1) is 0 Å². The predicted octanol–water partition coefficient (Wildman–Crippen LogP) is 17.6. The average molecular weight is 1180 g/mol. The van der Waals surface area contributed by atoms with E-state index in [2.05, 4.69) is 54.6 Å². The van der Waals surface area contributed by atoms with E-state index in [1.165, 1.54) is 30.3 Å². The van der Waals surface area contributed by atoms with Crippen molar-refractivity contribution < 1.29 is 13.2 Å². The van der Waals surface area contributed by atoms with Gasteiger partial charge in [0.2, 0.25) is 0 Å². The first-order chi connectivity index (χ1) is 44.7. The van der Waals surface area contributed by atoms with Crippen molar-refractivity contribution >= 4 is 43.6 Å². The standard InChI is InChI=1S/C77H33F3N12/c78-77(79,80)62-6-8-64(61(28-62)43-90)65-9-7-63(91-72-11-2-53(57-19-45(35-82)15-46(20-57)36-83)29-68(72)69-30-54(3-12-73(69)91)58-21-47(37-84)16-48(22-58)38-85)33-66(65)67-27-44(34-81)1-10-74(67)92-75-13-4-55(59-23-49(39-86)17-50(24-59)40-87)31-70(75)71-32-56(5-14-76(71)92)60-25-51(41-88)18-52(26-60)42-89/h1-33H. The molecule has 2 aromatic heterocycles. The van der Waals surface area contributed by atoms with Crippen molar-refractivity contribution in [2.45, 2.75) is 6.18 Å². The van der Waals surface area contributed by atoms with E-state index in [1.54, 1.807) is 78.9 Å². The maximum Gasteiger partial charge on any atom is 0.416 e. The quantitative estimate of drug-likeness (QED) is 0.139. The molecule has 422 valence electrons. The lowest BCUT2D eigenvalue weighted by molar-refractivity contribution is -0.137. The van der Waals surface area contributed by atoms with E-state index in [-0.39, 0.29) is 61.2 Å². The summed E-state index contributed by atoms with van der Waals surface area (Å²) in [6, 6.07) is 77.1. The number of hydrogen-bond acceptors (Lipinski definition) is 10. The highest BCUT2D eigenvalue weighted by Crippen LogP contribution is 2.46. The van der Waals surface area contributed by atoms with Crippen molar-refractivity contribution in [1.29, 1.82) is 52.6 Å². The van der Waals surface area contributed by atoms with Crippen LogP contribution in [-0.4, -0.2) is 9.13 Å². The van der Waals surface area contributed by atoms with Gasteiger partial charge >= 0.3 is 6.18 Å². The summed E-state index contributed by atoms with van der Waals surface area (Å²) in [5.74, 6) is 0. The first-order valence-corrected chi connectivity index (χ1v) is 28.0. The van der Waals surface area contributed by atoms with Crippen molar-refractivity contribution in [1.82, 2.24) is 9.13 Å². The van der Waals surface area contributed by atoms with Crippen LogP contribution in [0.15, 0.2) is 200 Å². The molecule has 0 radical (unpaired) electrons. The lowest BCUT2D eigenvalue weighted by Gasteiger charge is -2.20. The molecule has 0 bridgehead atoms. The number of nitrogens with zero attached hydrogens (tertiary/aromatic N) is 12. The molecule has 12 nitrogen and oxygen atoms in total. The number of fused-ring (bicyclic) bond motifs is 6. The largest absolute Gasteiger partial charge is 0.416 e. The smallest absolute Gasteiger partial charge is 0.309 e. The van der Waals surface area contributed by atoms with Crippen LogP contribution in [-0.2, 0) is 6.18 Å². The zero-order chi connectivity index (χ0) is 64.1. The molecule has 0 atom stereocenters. The summed E-state index contributed by atoms with van der Waals surface area (Å²) in [5, 5.41) is 104. The summed E-state index contributed by atoms with van der Waals surface area (Å²) < 4.78 is 47.5. The van der Waals surface area contributed by atoms with E-state index in [0.717, 1.165) is 12.1 Å². The Hall–Kier alpha value is -14.3. The maximum absolute atomic E-state index is 14.5. The Bertz CT molecular complexity index is 5510. The molecule has 0 aliphatic heterocycles. The molecule has 15 heteroatoms. The number of halogens is 3. The second-order valence-electron chi connectivity index (χ2n) is 21.6. The fourth-order valence-electron chi connectivity index (χ4n) is 12.2. The number of alkyl halides is 3. The summed E-state index contributed by atoms with van der Waals surface area (Å²) in [6.45, 7) is 0. The van der Waals surface area contributed by atoms with Gasteiger partial charge in [-0.05, 0) is 219 Å². The lowest BCUT2D eigenvalue weighted by atomic mass is 9.89. The topological polar surface area (TPSA) is 248 Å². The van der Waals surface area contributed by atoms with Crippen LogP contribution in [0.3, 0.4) is 0 Å². The second-order valence-corrected chi connectivity index (χ2v) is 21.6.